The van der Waals surface area contributed by atoms with E-state index in [0.29, 0.717) is 12.5 Å². The molecule has 1 saturated heterocycles. The minimum absolute atomic E-state index is 0.0456. The van der Waals surface area contributed by atoms with E-state index in [1.807, 2.05) is 0 Å². The van der Waals surface area contributed by atoms with Crippen molar-refractivity contribution in [1.29, 1.82) is 0 Å². The summed E-state index contributed by atoms with van der Waals surface area (Å²) in [5.41, 5.74) is 0.548. The highest BCUT2D eigenvalue weighted by Gasteiger charge is 2.63. The van der Waals surface area contributed by atoms with Crippen LogP contribution in [0.4, 0.5) is 0 Å². The van der Waals surface area contributed by atoms with Crippen molar-refractivity contribution in [3.8, 4) is 0 Å². The molecule has 0 amide bonds. The fourth-order valence-electron chi connectivity index (χ4n) is 4.54. The van der Waals surface area contributed by atoms with Crippen molar-refractivity contribution in [1.82, 2.24) is 0 Å². The average molecular weight is 250 g/mol. The number of hydrogen-bond donors (Lipinski definition) is 1. The smallest absolute Gasteiger partial charge is 0.316 e. The van der Waals surface area contributed by atoms with E-state index in [9.17, 15) is 9.90 Å². The zero-order chi connectivity index (χ0) is 13.1. The molecule has 1 N–H and O–H groups in total. The fourth-order valence-corrected chi connectivity index (χ4v) is 4.54. The van der Waals surface area contributed by atoms with E-state index in [2.05, 4.69) is 20.4 Å². The lowest BCUT2D eigenvalue weighted by Crippen LogP contribution is -2.42. The summed E-state index contributed by atoms with van der Waals surface area (Å²) >= 11 is 0. The zero-order valence-electron chi connectivity index (χ0n) is 11.2. The lowest BCUT2D eigenvalue weighted by atomic mass is 9.62. The highest BCUT2D eigenvalue weighted by molar-refractivity contribution is 5.84. The largest absolute Gasteiger partial charge is 0.460 e. The van der Waals surface area contributed by atoms with Crippen LogP contribution in [0.1, 0.15) is 39.5 Å². The summed E-state index contributed by atoms with van der Waals surface area (Å²) in [6.07, 6.45) is 3.33. The Kier molecular flexibility index (Phi) is 2.44. The van der Waals surface area contributed by atoms with Crippen molar-refractivity contribution >= 4 is 5.97 Å². The van der Waals surface area contributed by atoms with Crippen molar-refractivity contribution in [3.63, 3.8) is 0 Å². The van der Waals surface area contributed by atoms with Crippen molar-refractivity contribution in [2.45, 2.75) is 45.6 Å². The predicted octanol–water partition coefficient (Wildman–Crippen LogP) is 2.29. The van der Waals surface area contributed by atoms with Gasteiger partial charge in [0.25, 0.3) is 0 Å². The van der Waals surface area contributed by atoms with Gasteiger partial charge < -0.3 is 9.84 Å². The molecular weight excluding hydrogens is 228 g/mol. The molecule has 0 bridgehead atoms. The summed E-state index contributed by atoms with van der Waals surface area (Å²) in [6, 6.07) is 0. The summed E-state index contributed by atoms with van der Waals surface area (Å²) < 4.78 is 5.22. The monoisotopic (exact) mass is 250 g/mol. The number of esters is 1. The zero-order valence-corrected chi connectivity index (χ0v) is 11.2. The molecule has 2 aliphatic carbocycles. The number of cyclic esters (lactones) is 1. The van der Waals surface area contributed by atoms with Crippen molar-refractivity contribution < 1.29 is 14.6 Å². The quantitative estimate of drug-likeness (QED) is 0.530. The summed E-state index contributed by atoms with van der Waals surface area (Å²) in [7, 11) is 0. The van der Waals surface area contributed by atoms with Crippen molar-refractivity contribution in [2.24, 2.45) is 22.7 Å². The molecule has 1 spiro atoms. The number of aliphatic hydroxyl groups excluding tert-OH is 1. The molecule has 3 fully saturated rings. The van der Waals surface area contributed by atoms with Crippen LogP contribution in [-0.2, 0) is 9.53 Å². The molecule has 100 valence electrons. The number of ether oxygens (including phenoxy) is 1. The Labute approximate surface area is 108 Å². The van der Waals surface area contributed by atoms with Crippen LogP contribution in [0.15, 0.2) is 12.2 Å². The molecule has 5 atom stereocenters. The van der Waals surface area contributed by atoms with Gasteiger partial charge in [-0.3, -0.25) is 4.79 Å². The standard InChI is InChI=1S/C15H22O3/c1-9-7-18-13(17)15(9)6-11-4-5-12(16)10(2)14(11,3)8-15/h10-12,16H,1,4-8H2,2-3H3/t10-,11+,12-,14+,15+/m0/s1. The van der Waals surface area contributed by atoms with Crippen molar-refractivity contribution in [3.05, 3.63) is 12.2 Å². The predicted molar refractivity (Wildman–Crippen MR) is 67.8 cm³/mol. The SMILES string of the molecule is C=C1COC(=O)[C@@]12C[C@H]1CC[C@H](O)[C@H](C)[C@@]1(C)C2. The highest BCUT2D eigenvalue weighted by atomic mass is 16.5. The number of hydrogen-bond acceptors (Lipinski definition) is 3. The maximum Gasteiger partial charge on any atom is 0.316 e. The van der Waals surface area contributed by atoms with Crippen LogP contribution in [-0.4, -0.2) is 23.8 Å². The van der Waals surface area contributed by atoms with E-state index in [-0.39, 0.29) is 23.4 Å². The fraction of sp³-hybridized carbons (Fsp3) is 0.800. The molecule has 3 heteroatoms. The van der Waals surface area contributed by atoms with Gasteiger partial charge >= 0.3 is 5.97 Å². The highest BCUT2D eigenvalue weighted by Crippen LogP contribution is 2.64. The topological polar surface area (TPSA) is 46.5 Å². The number of fused-ring (bicyclic) bond motifs is 1. The van der Waals surface area contributed by atoms with Gasteiger partial charge in [-0.2, -0.15) is 0 Å². The molecule has 0 unspecified atom stereocenters. The van der Waals surface area contributed by atoms with Gasteiger partial charge in [0, 0.05) is 0 Å². The second-order valence-corrected chi connectivity index (χ2v) is 6.78. The van der Waals surface area contributed by atoms with Crippen LogP contribution < -0.4 is 0 Å². The maximum absolute atomic E-state index is 12.1. The van der Waals surface area contributed by atoms with E-state index in [1.54, 1.807) is 0 Å². The van der Waals surface area contributed by atoms with Gasteiger partial charge in [0.05, 0.1) is 11.5 Å². The molecule has 0 aromatic heterocycles. The Morgan fingerprint density at radius 1 is 1.44 bits per heavy atom. The third kappa shape index (κ3) is 1.31. The Bertz CT molecular complexity index is 398. The second-order valence-electron chi connectivity index (χ2n) is 6.78. The van der Waals surface area contributed by atoms with Crippen LogP contribution in [0.25, 0.3) is 0 Å². The Morgan fingerprint density at radius 3 is 2.78 bits per heavy atom. The molecule has 18 heavy (non-hydrogen) atoms. The Hall–Kier alpha value is -0.830. The molecule has 2 saturated carbocycles. The molecule has 1 aliphatic heterocycles. The Balaban J connectivity index is 1.98. The first-order chi connectivity index (χ1) is 8.40. The van der Waals surface area contributed by atoms with Crippen LogP contribution >= 0.6 is 0 Å². The van der Waals surface area contributed by atoms with Gasteiger partial charge in [0.2, 0.25) is 0 Å². The lowest BCUT2D eigenvalue weighted by Gasteiger charge is -2.44. The lowest BCUT2D eigenvalue weighted by molar-refractivity contribution is -0.146. The van der Waals surface area contributed by atoms with E-state index in [4.69, 9.17) is 4.74 Å². The Morgan fingerprint density at radius 2 is 2.17 bits per heavy atom. The minimum atomic E-state index is -0.447. The maximum atomic E-state index is 12.1. The second kappa shape index (κ2) is 3.60. The number of carbonyl (C=O) groups is 1. The number of carbonyl (C=O) groups excluding carboxylic acids is 1. The molecule has 0 aromatic carbocycles. The average Bonchev–Trinajstić information content (AvgIpc) is 2.79. The molecule has 3 nitrogen and oxygen atoms in total. The summed E-state index contributed by atoms with van der Waals surface area (Å²) in [6.45, 7) is 8.81. The molecule has 1 heterocycles. The minimum Gasteiger partial charge on any atom is -0.460 e. The van der Waals surface area contributed by atoms with Crippen LogP contribution in [0, 0.1) is 22.7 Å². The molecule has 0 aromatic rings. The number of aliphatic hydroxyl groups is 1. The van der Waals surface area contributed by atoms with Crippen molar-refractivity contribution in [2.75, 3.05) is 6.61 Å². The summed E-state index contributed by atoms with van der Waals surface area (Å²) in [4.78, 5) is 12.1. The van der Waals surface area contributed by atoms with Gasteiger partial charge in [-0.1, -0.05) is 20.4 Å². The van der Waals surface area contributed by atoms with E-state index < -0.39 is 5.41 Å². The van der Waals surface area contributed by atoms with E-state index in [0.717, 1.165) is 31.3 Å². The van der Waals surface area contributed by atoms with Gasteiger partial charge in [-0.05, 0) is 48.5 Å². The third-order valence-corrected chi connectivity index (χ3v) is 6.08. The third-order valence-electron chi connectivity index (χ3n) is 6.08. The number of rotatable bonds is 0. The normalized spacial score (nSPS) is 51.6. The molecule has 3 aliphatic rings. The van der Waals surface area contributed by atoms with Gasteiger partial charge in [0.15, 0.2) is 0 Å². The van der Waals surface area contributed by atoms with Gasteiger partial charge in [0.1, 0.15) is 6.61 Å². The van der Waals surface area contributed by atoms with E-state index >= 15 is 0 Å². The van der Waals surface area contributed by atoms with E-state index in [1.165, 1.54) is 0 Å². The van der Waals surface area contributed by atoms with Crippen LogP contribution in [0.3, 0.4) is 0 Å². The van der Waals surface area contributed by atoms with Crippen LogP contribution in [0.2, 0.25) is 0 Å². The first-order valence-corrected chi connectivity index (χ1v) is 6.94. The summed E-state index contributed by atoms with van der Waals surface area (Å²) in [5, 5.41) is 10.1. The molecule has 3 rings (SSSR count). The molecule has 0 radical (unpaired) electrons. The summed E-state index contributed by atoms with van der Waals surface area (Å²) in [5.74, 6) is 0.680. The molecular formula is C15H22O3. The van der Waals surface area contributed by atoms with Crippen LogP contribution in [0.5, 0.6) is 0 Å². The van der Waals surface area contributed by atoms with Gasteiger partial charge in [-0.15, -0.1) is 0 Å². The first kappa shape index (κ1) is 12.2. The first-order valence-electron chi connectivity index (χ1n) is 6.94. The van der Waals surface area contributed by atoms with Gasteiger partial charge in [-0.25, -0.2) is 0 Å².